The van der Waals surface area contributed by atoms with Gasteiger partial charge >= 0.3 is 6.09 Å². The van der Waals surface area contributed by atoms with Crippen LogP contribution in [-0.2, 0) is 4.74 Å². The molecule has 2 rings (SSSR count). The summed E-state index contributed by atoms with van der Waals surface area (Å²) >= 11 is 0. The summed E-state index contributed by atoms with van der Waals surface area (Å²) in [5.41, 5.74) is 7.12. The van der Waals surface area contributed by atoms with E-state index in [1.165, 1.54) is 0 Å². The predicted octanol–water partition coefficient (Wildman–Crippen LogP) is 2.00. The summed E-state index contributed by atoms with van der Waals surface area (Å²) in [6.07, 6.45) is 0.578. The number of carbonyl (C=O) groups is 1. The van der Waals surface area contributed by atoms with E-state index in [4.69, 9.17) is 10.5 Å². The molecule has 0 spiro atoms. The van der Waals surface area contributed by atoms with Crippen LogP contribution in [0.15, 0.2) is 24.3 Å². The van der Waals surface area contributed by atoms with E-state index in [1.807, 2.05) is 19.1 Å². The van der Waals surface area contributed by atoms with Crippen molar-refractivity contribution >= 4 is 17.5 Å². The quantitative estimate of drug-likeness (QED) is 0.715. The number of nitrogens with two attached hydrogens (primary N) is 1. The Labute approximate surface area is 88.6 Å². The summed E-state index contributed by atoms with van der Waals surface area (Å²) in [7, 11) is 0. The third-order valence-corrected chi connectivity index (χ3v) is 2.57. The average Bonchev–Trinajstić information content (AvgIpc) is 2.20. The molecule has 1 fully saturated rings. The normalized spacial score (nSPS) is 21.3. The van der Waals surface area contributed by atoms with Gasteiger partial charge in [0.1, 0.15) is 0 Å². The molecule has 15 heavy (non-hydrogen) atoms. The standard InChI is InChI=1S/C11H14N2O2/c1-8-6-7-15-11(14)13(8)10-4-2-9(12)3-5-10/h2-5,8H,6-7,12H2,1H3. The maximum Gasteiger partial charge on any atom is 0.414 e. The first-order valence-electron chi connectivity index (χ1n) is 5.00. The van der Waals surface area contributed by atoms with Gasteiger partial charge in [0.2, 0.25) is 0 Å². The minimum absolute atomic E-state index is 0.176. The van der Waals surface area contributed by atoms with Gasteiger partial charge in [0.25, 0.3) is 0 Å². The van der Waals surface area contributed by atoms with Crippen LogP contribution >= 0.6 is 0 Å². The SMILES string of the molecule is CC1CCOC(=O)N1c1ccc(N)cc1. The van der Waals surface area contributed by atoms with Crippen molar-refractivity contribution in [1.29, 1.82) is 0 Å². The Morgan fingerprint density at radius 3 is 2.67 bits per heavy atom. The van der Waals surface area contributed by atoms with E-state index in [0.717, 1.165) is 12.1 Å². The van der Waals surface area contributed by atoms with E-state index >= 15 is 0 Å². The lowest BCUT2D eigenvalue weighted by atomic mass is 10.1. The third-order valence-electron chi connectivity index (χ3n) is 2.57. The molecule has 1 saturated heterocycles. The summed E-state index contributed by atoms with van der Waals surface area (Å²) in [6.45, 7) is 2.52. The predicted molar refractivity (Wildman–Crippen MR) is 58.8 cm³/mol. The fourth-order valence-electron chi connectivity index (χ4n) is 1.69. The molecule has 0 aliphatic carbocycles. The second-order valence-corrected chi connectivity index (χ2v) is 3.71. The molecule has 0 radical (unpaired) electrons. The van der Waals surface area contributed by atoms with Crippen molar-refractivity contribution in [2.75, 3.05) is 17.2 Å². The molecule has 0 saturated carbocycles. The molecular weight excluding hydrogens is 192 g/mol. The maximum atomic E-state index is 11.6. The van der Waals surface area contributed by atoms with Gasteiger partial charge in [-0.05, 0) is 31.2 Å². The van der Waals surface area contributed by atoms with Crippen molar-refractivity contribution in [1.82, 2.24) is 0 Å². The van der Waals surface area contributed by atoms with Gasteiger partial charge in [-0.3, -0.25) is 4.90 Å². The number of hydrogen-bond acceptors (Lipinski definition) is 3. The van der Waals surface area contributed by atoms with Crippen LogP contribution in [0.3, 0.4) is 0 Å². The van der Waals surface area contributed by atoms with Gasteiger partial charge < -0.3 is 10.5 Å². The smallest absolute Gasteiger partial charge is 0.414 e. The van der Waals surface area contributed by atoms with Crippen LogP contribution in [0.4, 0.5) is 16.2 Å². The molecular formula is C11H14N2O2. The van der Waals surface area contributed by atoms with E-state index in [2.05, 4.69) is 0 Å². The van der Waals surface area contributed by atoms with Crippen LogP contribution in [0.1, 0.15) is 13.3 Å². The van der Waals surface area contributed by atoms with Gasteiger partial charge in [0.15, 0.2) is 0 Å². The number of ether oxygens (including phenoxy) is 1. The summed E-state index contributed by atoms with van der Waals surface area (Å²) in [4.78, 5) is 13.2. The zero-order valence-corrected chi connectivity index (χ0v) is 8.64. The summed E-state index contributed by atoms with van der Waals surface area (Å²) < 4.78 is 5.00. The maximum absolute atomic E-state index is 11.6. The van der Waals surface area contributed by atoms with Crippen LogP contribution in [-0.4, -0.2) is 18.7 Å². The van der Waals surface area contributed by atoms with Crippen molar-refractivity contribution in [3.05, 3.63) is 24.3 Å². The topological polar surface area (TPSA) is 55.6 Å². The zero-order valence-electron chi connectivity index (χ0n) is 8.64. The first kappa shape index (κ1) is 9.83. The highest BCUT2D eigenvalue weighted by Gasteiger charge is 2.27. The summed E-state index contributed by atoms with van der Waals surface area (Å²) in [5.74, 6) is 0. The molecule has 1 heterocycles. The number of carbonyl (C=O) groups excluding carboxylic acids is 1. The van der Waals surface area contributed by atoms with Crippen molar-refractivity contribution in [3.8, 4) is 0 Å². The molecule has 1 unspecified atom stereocenters. The fraction of sp³-hybridized carbons (Fsp3) is 0.364. The monoisotopic (exact) mass is 206 g/mol. The molecule has 0 aromatic heterocycles. The van der Waals surface area contributed by atoms with Crippen molar-refractivity contribution in [2.45, 2.75) is 19.4 Å². The molecule has 4 nitrogen and oxygen atoms in total. The molecule has 1 atom stereocenters. The van der Waals surface area contributed by atoms with Crippen LogP contribution in [0, 0.1) is 0 Å². The first-order chi connectivity index (χ1) is 7.18. The third kappa shape index (κ3) is 1.88. The first-order valence-corrected chi connectivity index (χ1v) is 5.00. The number of anilines is 2. The zero-order chi connectivity index (χ0) is 10.8. The lowest BCUT2D eigenvalue weighted by molar-refractivity contribution is 0.131. The molecule has 2 N–H and O–H groups in total. The molecule has 1 aromatic rings. The lowest BCUT2D eigenvalue weighted by Gasteiger charge is -2.32. The Morgan fingerprint density at radius 1 is 1.40 bits per heavy atom. The summed E-state index contributed by atoms with van der Waals surface area (Å²) in [6, 6.07) is 7.40. The summed E-state index contributed by atoms with van der Waals surface area (Å²) in [5, 5.41) is 0. The highest BCUT2D eigenvalue weighted by Crippen LogP contribution is 2.23. The number of nitrogens with zero attached hydrogens (tertiary/aromatic N) is 1. The van der Waals surface area contributed by atoms with Gasteiger partial charge in [-0.2, -0.15) is 0 Å². The fourth-order valence-corrected chi connectivity index (χ4v) is 1.69. The number of nitrogen functional groups attached to an aromatic ring is 1. The number of benzene rings is 1. The van der Waals surface area contributed by atoms with Crippen LogP contribution in [0.25, 0.3) is 0 Å². The molecule has 1 aliphatic rings. The van der Waals surface area contributed by atoms with Crippen LogP contribution < -0.4 is 10.6 Å². The van der Waals surface area contributed by atoms with Gasteiger partial charge in [-0.1, -0.05) is 0 Å². The number of hydrogen-bond donors (Lipinski definition) is 1. The molecule has 80 valence electrons. The lowest BCUT2D eigenvalue weighted by Crippen LogP contribution is -2.44. The Morgan fingerprint density at radius 2 is 2.07 bits per heavy atom. The minimum atomic E-state index is -0.279. The average molecular weight is 206 g/mol. The van der Waals surface area contributed by atoms with E-state index in [-0.39, 0.29) is 12.1 Å². The number of amides is 1. The van der Waals surface area contributed by atoms with Crippen molar-refractivity contribution in [3.63, 3.8) is 0 Å². The van der Waals surface area contributed by atoms with Crippen LogP contribution in [0.2, 0.25) is 0 Å². The molecule has 1 aliphatic heterocycles. The Balaban J connectivity index is 2.27. The largest absolute Gasteiger partial charge is 0.449 e. The highest BCUT2D eigenvalue weighted by molar-refractivity contribution is 5.89. The van der Waals surface area contributed by atoms with E-state index in [9.17, 15) is 4.79 Å². The second-order valence-electron chi connectivity index (χ2n) is 3.71. The number of rotatable bonds is 1. The molecule has 1 amide bonds. The van der Waals surface area contributed by atoms with Gasteiger partial charge in [-0.25, -0.2) is 4.79 Å². The Bertz CT molecular complexity index is 361. The molecule has 0 bridgehead atoms. The van der Waals surface area contributed by atoms with E-state index < -0.39 is 0 Å². The number of cyclic esters (lactones) is 1. The Kier molecular flexibility index (Phi) is 2.49. The van der Waals surface area contributed by atoms with Gasteiger partial charge in [0.05, 0.1) is 6.61 Å². The second kappa shape index (κ2) is 3.81. The van der Waals surface area contributed by atoms with Crippen LogP contribution in [0.5, 0.6) is 0 Å². The minimum Gasteiger partial charge on any atom is -0.449 e. The van der Waals surface area contributed by atoms with E-state index in [0.29, 0.717) is 12.3 Å². The van der Waals surface area contributed by atoms with Gasteiger partial charge in [-0.15, -0.1) is 0 Å². The molecule has 4 heteroatoms. The van der Waals surface area contributed by atoms with Crippen molar-refractivity contribution in [2.24, 2.45) is 0 Å². The van der Waals surface area contributed by atoms with E-state index in [1.54, 1.807) is 17.0 Å². The highest BCUT2D eigenvalue weighted by atomic mass is 16.6. The van der Waals surface area contributed by atoms with Crippen molar-refractivity contribution < 1.29 is 9.53 Å². The Hall–Kier alpha value is -1.71. The molecule has 1 aromatic carbocycles. The van der Waals surface area contributed by atoms with Gasteiger partial charge in [0, 0.05) is 23.8 Å².